The molecule has 25 heavy (non-hydrogen) atoms. The number of nitrogens with one attached hydrogen (secondary N) is 1. The van der Waals surface area contributed by atoms with Crippen molar-refractivity contribution in [3.8, 4) is 5.75 Å². The molecule has 6 heteroatoms. The Balaban J connectivity index is 2.20. The summed E-state index contributed by atoms with van der Waals surface area (Å²) in [6.07, 6.45) is -1.03. The first kappa shape index (κ1) is 18.4. The molecule has 2 aromatic rings. The van der Waals surface area contributed by atoms with Crippen LogP contribution in [0.5, 0.6) is 5.75 Å². The van der Waals surface area contributed by atoms with Crippen LogP contribution in [0, 0.1) is 20.8 Å². The molecule has 1 heterocycles. The molecule has 132 valence electrons. The summed E-state index contributed by atoms with van der Waals surface area (Å²) in [5.74, 6) is -1.28. The van der Waals surface area contributed by atoms with Gasteiger partial charge in [-0.1, -0.05) is 6.07 Å². The number of benzene rings is 1. The molecule has 0 fully saturated rings. The number of hydrogen-bond acceptors (Lipinski definition) is 5. The standard InChI is InChI=1S/C19H21NO5/c1-9-6-7-14(8-15(9)22)19(24)25-13(5)18(23)17-10(2)16(12(4)21)11(3)20-17/h6-8,13,20,22H,1-5H3/t13-/m0/s1. The summed E-state index contributed by atoms with van der Waals surface area (Å²) in [6.45, 7) is 8.01. The van der Waals surface area contributed by atoms with Gasteiger partial charge in [0.15, 0.2) is 11.9 Å². The maximum Gasteiger partial charge on any atom is 0.338 e. The molecule has 6 nitrogen and oxygen atoms in total. The largest absolute Gasteiger partial charge is 0.508 e. The first-order chi connectivity index (χ1) is 11.6. The Morgan fingerprint density at radius 3 is 2.32 bits per heavy atom. The minimum atomic E-state index is -1.03. The van der Waals surface area contributed by atoms with Gasteiger partial charge in [0.2, 0.25) is 5.78 Å². The fraction of sp³-hybridized carbons (Fsp3) is 0.316. The number of carbonyl (C=O) groups excluding carboxylic acids is 3. The number of phenolic OH excluding ortho intramolecular Hbond substituents is 1. The molecular weight excluding hydrogens is 322 g/mol. The van der Waals surface area contributed by atoms with E-state index in [1.807, 2.05) is 0 Å². The molecule has 0 aliphatic carbocycles. The average molecular weight is 343 g/mol. The number of phenols is 1. The predicted octanol–water partition coefficient (Wildman–Crippen LogP) is 3.28. The van der Waals surface area contributed by atoms with Crippen LogP contribution in [-0.2, 0) is 4.74 Å². The van der Waals surface area contributed by atoms with E-state index < -0.39 is 17.9 Å². The summed E-state index contributed by atoms with van der Waals surface area (Å²) < 4.78 is 5.21. The Bertz CT molecular complexity index is 863. The van der Waals surface area contributed by atoms with Gasteiger partial charge in [0.05, 0.1) is 11.3 Å². The van der Waals surface area contributed by atoms with E-state index in [2.05, 4.69) is 4.98 Å². The van der Waals surface area contributed by atoms with Gasteiger partial charge >= 0.3 is 5.97 Å². The van der Waals surface area contributed by atoms with E-state index in [0.717, 1.165) is 0 Å². The second-order valence-corrected chi connectivity index (χ2v) is 6.09. The van der Waals surface area contributed by atoms with Crippen LogP contribution in [0.4, 0.5) is 0 Å². The van der Waals surface area contributed by atoms with Crippen LogP contribution >= 0.6 is 0 Å². The number of ether oxygens (including phenoxy) is 1. The van der Waals surface area contributed by atoms with E-state index in [1.165, 1.54) is 26.0 Å². The van der Waals surface area contributed by atoms with Crippen LogP contribution in [-0.4, -0.2) is 33.7 Å². The Labute approximate surface area is 145 Å². The first-order valence-electron chi connectivity index (χ1n) is 7.88. The molecule has 0 aliphatic rings. The fourth-order valence-electron chi connectivity index (χ4n) is 2.75. The van der Waals surface area contributed by atoms with Crippen molar-refractivity contribution in [1.29, 1.82) is 0 Å². The molecule has 0 radical (unpaired) electrons. The Kier molecular flexibility index (Phi) is 5.11. The number of rotatable bonds is 5. The van der Waals surface area contributed by atoms with Crippen molar-refractivity contribution in [1.82, 2.24) is 4.98 Å². The second kappa shape index (κ2) is 6.93. The Morgan fingerprint density at radius 1 is 1.16 bits per heavy atom. The summed E-state index contributed by atoms with van der Waals surface area (Å²) in [6, 6.07) is 4.41. The number of aromatic amines is 1. The zero-order valence-corrected chi connectivity index (χ0v) is 14.9. The van der Waals surface area contributed by atoms with E-state index >= 15 is 0 Å². The van der Waals surface area contributed by atoms with E-state index in [0.29, 0.717) is 22.4 Å². The van der Waals surface area contributed by atoms with Gasteiger partial charge in [-0.3, -0.25) is 9.59 Å². The number of esters is 1. The molecule has 1 aromatic carbocycles. The number of hydrogen-bond donors (Lipinski definition) is 2. The van der Waals surface area contributed by atoms with Crippen molar-refractivity contribution in [2.75, 3.05) is 0 Å². The zero-order chi connectivity index (χ0) is 18.9. The van der Waals surface area contributed by atoms with Crippen LogP contribution in [0.3, 0.4) is 0 Å². The summed E-state index contributed by atoms with van der Waals surface area (Å²) in [7, 11) is 0. The van der Waals surface area contributed by atoms with E-state index in [1.54, 1.807) is 26.8 Å². The lowest BCUT2D eigenvalue weighted by atomic mass is 10.0. The van der Waals surface area contributed by atoms with E-state index in [-0.39, 0.29) is 22.8 Å². The average Bonchev–Trinajstić information content (AvgIpc) is 2.83. The molecule has 0 aliphatic heterocycles. The second-order valence-electron chi connectivity index (χ2n) is 6.09. The van der Waals surface area contributed by atoms with Gasteiger partial charge in [-0.2, -0.15) is 0 Å². The molecule has 2 rings (SSSR count). The van der Waals surface area contributed by atoms with Crippen LogP contribution in [0.1, 0.15) is 61.9 Å². The lowest BCUT2D eigenvalue weighted by Crippen LogP contribution is -2.25. The van der Waals surface area contributed by atoms with Crippen LogP contribution in [0.15, 0.2) is 18.2 Å². The Hall–Kier alpha value is -2.89. The summed E-state index contributed by atoms with van der Waals surface area (Å²) in [4.78, 5) is 39.3. The van der Waals surface area contributed by atoms with Crippen molar-refractivity contribution in [3.05, 3.63) is 51.8 Å². The highest BCUT2D eigenvalue weighted by Gasteiger charge is 2.26. The fourth-order valence-corrected chi connectivity index (χ4v) is 2.75. The topological polar surface area (TPSA) is 96.5 Å². The monoisotopic (exact) mass is 343 g/mol. The molecule has 0 spiro atoms. The van der Waals surface area contributed by atoms with E-state index in [9.17, 15) is 19.5 Å². The number of Topliss-reactive ketones (excluding diaryl/α,β-unsaturated/α-hetero) is 2. The zero-order valence-electron chi connectivity index (χ0n) is 14.9. The van der Waals surface area contributed by atoms with Crippen molar-refractivity contribution >= 4 is 17.5 Å². The van der Waals surface area contributed by atoms with E-state index in [4.69, 9.17) is 4.74 Å². The SMILES string of the molecule is CC(=O)c1c(C)[nH]c(C(=O)[C@H](C)OC(=O)c2ccc(C)c(O)c2)c1C. The van der Waals surface area contributed by atoms with Crippen LogP contribution in [0.2, 0.25) is 0 Å². The molecule has 1 aromatic heterocycles. The summed E-state index contributed by atoms with van der Waals surface area (Å²) in [5, 5.41) is 9.68. The number of H-pyrrole nitrogens is 1. The van der Waals surface area contributed by atoms with Gasteiger partial charge in [0.25, 0.3) is 0 Å². The van der Waals surface area contributed by atoms with Crippen LogP contribution < -0.4 is 0 Å². The third-order valence-electron chi connectivity index (χ3n) is 4.13. The molecule has 0 saturated heterocycles. The Morgan fingerprint density at radius 2 is 1.80 bits per heavy atom. The van der Waals surface area contributed by atoms with Crippen LogP contribution in [0.25, 0.3) is 0 Å². The molecule has 0 unspecified atom stereocenters. The van der Waals surface area contributed by atoms with Crippen molar-refractivity contribution in [2.24, 2.45) is 0 Å². The number of aryl methyl sites for hydroxylation is 2. The predicted molar refractivity (Wildman–Crippen MR) is 92.3 cm³/mol. The minimum absolute atomic E-state index is 0.0182. The third-order valence-corrected chi connectivity index (χ3v) is 4.13. The quantitative estimate of drug-likeness (QED) is 0.641. The summed E-state index contributed by atoms with van der Waals surface area (Å²) in [5.41, 5.74) is 2.68. The highest BCUT2D eigenvalue weighted by molar-refractivity contribution is 6.05. The van der Waals surface area contributed by atoms with Gasteiger partial charge in [-0.05, 0) is 57.9 Å². The van der Waals surface area contributed by atoms with Gasteiger partial charge in [0.1, 0.15) is 5.75 Å². The van der Waals surface area contributed by atoms with Crippen molar-refractivity contribution < 1.29 is 24.2 Å². The highest BCUT2D eigenvalue weighted by atomic mass is 16.5. The van der Waals surface area contributed by atoms with Crippen molar-refractivity contribution in [3.63, 3.8) is 0 Å². The van der Waals surface area contributed by atoms with Gasteiger partial charge < -0.3 is 14.8 Å². The number of aromatic nitrogens is 1. The molecule has 0 amide bonds. The molecule has 2 N–H and O–H groups in total. The molecule has 0 bridgehead atoms. The lowest BCUT2D eigenvalue weighted by Gasteiger charge is -2.12. The molecule has 0 saturated carbocycles. The lowest BCUT2D eigenvalue weighted by molar-refractivity contribution is 0.0316. The minimum Gasteiger partial charge on any atom is -0.508 e. The smallest absolute Gasteiger partial charge is 0.338 e. The third kappa shape index (κ3) is 3.63. The summed E-state index contributed by atoms with van der Waals surface area (Å²) >= 11 is 0. The van der Waals surface area contributed by atoms with Gasteiger partial charge in [-0.15, -0.1) is 0 Å². The highest BCUT2D eigenvalue weighted by Crippen LogP contribution is 2.22. The normalized spacial score (nSPS) is 11.9. The molecular formula is C19H21NO5. The van der Waals surface area contributed by atoms with Crippen molar-refractivity contribution in [2.45, 2.75) is 40.7 Å². The van der Waals surface area contributed by atoms with Gasteiger partial charge in [0, 0.05) is 11.3 Å². The number of aromatic hydroxyl groups is 1. The first-order valence-corrected chi connectivity index (χ1v) is 7.88. The number of ketones is 2. The molecule has 1 atom stereocenters. The number of carbonyl (C=O) groups is 3. The maximum atomic E-state index is 12.6. The van der Waals surface area contributed by atoms with Gasteiger partial charge in [-0.25, -0.2) is 4.79 Å². The maximum absolute atomic E-state index is 12.6.